The molecule has 0 saturated heterocycles. The Morgan fingerprint density at radius 2 is 1.78 bits per heavy atom. The zero-order valence-electron chi connectivity index (χ0n) is 10.8. The number of aryl methyl sites for hydroxylation is 1. The smallest absolute Gasteiger partial charge is 0.279 e. The fourth-order valence-electron chi connectivity index (χ4n) is 1.31. The second-order valence-electron chi connectivity index (χ2n) is 4.08. The first-order valence-corrected chi connectivity index (χ1v) is 7.10. The van der Waals surface area contributed by atoms with Crippen LogP contribution in [0.1, 0.15) is 22.8 Å². The van der Waals surface area contributed by atoms with E-state index >= 15 is 0 Å². The molecule has 0 heterocycles. The lowest BCUT2D eigenvalue weighted by Crippen LogP contribution is -2.38. The number of hydrogen-bond donors (Lipinski definition) is 1. The van der Waals surface area contributed by atoms with Crippen molar-refractivity contribution in [3.8, 4) is 0 Å². The predicted octanol–water partition coefficient (Wildman–Crippen LogP) is 0.828. The second-order valence-corrected chi connectivity index (χ2v) is 6.05. The molecule has 0 radical (unpaired) electrons. The molecule has 1 N–H and O–H groups in total. The minimum absolute atomic E-state index is 0.230. The first-order valence-electron chi connectivity index (χ1n) is 5.66. The van der Waals surface area contributed by atoms with Gasteiger partial charge in [-0.2, -0.15) is 17.4 Å². The van der Waals surface area contributed by atoms with Gasteiger partial charge in [0.1, 0.15) is 0 Å². The van der Waals surface area contributed by atoms with Gasteiger partial charge in [-0.1, -0.05) is 31.2 Å². The van der Waals surface area contributed by atoms with Gasteiger partial charge in [0.25, 0.3) is 10.2 Å². The van der Waals surface area contributed by atoms with Crippen molar-refractivity contribution >= 4 is 16.0 Å². The number of nitrogens with one attached hydrogen (secondary N) is 1. The normalized spacial score (nSPS) is 11.8. The van der Waals surface area contributed by atoms with Gasteiger partial charge in [0.15, 0.2) is 5.78 Å². The largest absolute Gasteiger partial charge is 0.293 e. The van der Waals surface area contributed by atoms with Gasteiger partial charge in [-0.05, 0) is 12.0 Å². The molecule has 0 atom stereocenters. The highest BCUT2D eigenvalue weighted by Gasteiger charge is 2.15. The molecule has 0 amide bonds. The summed E-state index contributed by atoms with van der Waals surface area (Å²) in [5.74, 6) is -0.247. The fraction of sp³-hybridized carbons (Fsp3) is 0.417. The highest BCUT2D eigenvalue weighted by molar-refractivity contribution is 7.87. The highest BCUT2D eigenvalue weighted by Crippen LogP contribution is 2.05. The van der Waals surface area contributed by atoms with E-state index in [0.717, 1.165) is 16.3 Å². The van der Waals surface area contributed by atoms with Crippen LogP contribution in [0.15, 0.2) is 24.3 Å². The molecule has 0 bridgehead atoms. The molecule has 0 spiro atoms. The van der Waals surface area contributed by atoms with Crippen LogP contribution >= 0.6 is 0 Å². The maximum absolute atomic E-state index is 11.8. The maximum Gasteiger partial charge on any atom is 0.279 e. The number of Topliss-reactive ketones (excluding diaryl/α,β-unsaturated/α-hetero) is 1. The number of benzene rings is 1. The zero-order chi connectivity index (χ0) is 13.8. The lowest BCUT2D eigenvalue weighted by atomic mass is 10.1. The summed E-state index contributed by atoms with van der Waals surface area (Å²) in [5.41, 5.74) is 1.65. The van der Waals surface area contributed by atoms with E-state index in [2.05, 4.69) is 4.72 Å². The molecule has 0 aliphatic rings. The number of nitrogens with zero attached hydrogens (tertiary/aromatic N) is 1. The van der Waals surface area contributed by atoms with E-state index in [1.54, 1.807) is 12.1 Å². The predicted molar refractivity (Wildman–Crippen MR) is 70.8 cm³/mol. The fourth-order valence-corrected chi connectivity index (χ4v) is 1.89. The van der Waals surface area contributed by atoms with Crippen molar-refractivity contribution < 1.29 is 13.2 Å². The van der Waals surface area contributed by atoms with Gasteiger partial charge in [-0.3, -0.25) is 4.79 Å². The first kappa shape index (κ1) is 14.8. The van der Waals surface area contributed by atoms with Gasteiger partial charge in [0.05, 0.1) is 6.54 Å². The molecule has 100 valence electrons. The molecule has 5 nitrogen and oxygen atoms in total. The molecule has 1 aromatic carbocycles. The van der Waals surface area contributed by atoms with Crippen LogP contribution in [0.5, 0.6) is 0 Å². The van der Waals surface area contributed by atoms with E-state index in [0.29, 0.717) is 5.56 Å². The van der Waals surface area contributed by atoms with E-state index in [1.807, 2.05) is 19.1 Å². The Labute approximate surface area is 108 Å². The van der Waals surface area contributed by atoms with Crippen LogP contribution < -0.4 is 4.72 Å². The highest BCUT2D eigenvalue weighted by atomic mass is 32.2. The van der Waals surface area contributed by atoms with Crippen LogP contribution in [-0.2, 0) is 16.6 Å². The Balaban J connectivity index is 2.66. The molecule has 1 rings (SSSR count). The summed E-state index contributed by atoms with van der Waals surface area (Å²) in [6.07, 6.45) is 0.904. The topological polar surface area (TPSA) is 66.5 Å². The summed E-state index contributed by atoms with van der Waals surface area (Å²) in [6.45, 7) is 1.80. The third-order valence-electron chi connectivity index (χ3n) is 2.58. The summed E-state index contributed by atoms with van der Waals surface area (Å²) in [7, 11) is -0.740. The number of hydrogen-bond acceptors (Lipinski definition) is 3. The SMILES string of the molecule is CCc1ccc(C(=O)CNS(=O)(=O)N(C)C)cc1. The molecule has 0 fully saturated rings. The average molecular weight is 270 g/mol. The number of carbonyl (C=O) groups is 1. The van der Waals surface area contributed by atoms with E-state index in [4.69, 9.17) is 0 Å². The molecule has 0 unspecified atom stereocenters. The number of rotatable bonds is 6. The number of ketones is 1. The van der Waals surface area contributed by atoms with Crippen LogP contribution in [-0.4, -0.2) is 39.1 Å². The summed E-state index contributed by atoms with van der Waals surface area (Å²) < 4.78 is 26.1. The number of carbonyl (C=O) groups excluding carboxylic acids is 1. The van der Waals surface area contributed by atoms with Crippen molar-refractivity contribution in [2.75, 3.05) is 20.6 Å². The molecule has 0 aliphatic heterocycles. The van der Waals surface area contributed by atoms with E-state index in [-0.39, 0.29) is 12.3 Å². The molecule has 0 aromatic heterocycles. The van der Waals surface area contributed by atoms with E-state index in [1.165, 1.54) is 14.1 Å². The van der Waals surface area contributed by atoms with E-state index in [9.17, 15) is 13.2 Å². The van der Waals surface area contributed by atoms with Crippen molar-refractivity contribution in [3.05, 3.63) is 35.4 Å². The Hall–Kier alpha value is -1.24. The van der Waals surface area contributed by atoms with Crippen molar-refractivity contribution in [3.63, 3.8) is 0 Å². The monoisotopic (exact) mass is 270 g/mol. The molecular formula is C12H18N2O3S. The van der Waals surface area contributed by atoms with Crippen molar-refractivity contribution in [2.45, 2.75) is 13.3 Å². The average Bonchev–Trinajstić information content (AvgIpc) is 2.36. The summed E-state index contributed by atoms with van der Waals surface area (Å²) >= 11 is 0. The van der Waals surface area contributed by atoms with Gasteiger partial charge >= 0.3 is 0 Å². The van der Waals surface area contributed by atoms with Crippen LogP contribution in [0.3, 0.4) is 0 Å². The molecule has 6 heteroatoms. The molecule has 18 heavy (non-hydrogen) atoms. The van der Waals surface area contributed by atoms with Crippen LogP contribution in [0.4, 0.5) is 0 Å². The lowest BCUT2D eigenvalue weighted by molar-refractivity contribution is 0.0996. The third kappa shape index (κ3) is 3.90. The molecule has 0 saturated carbocycles. The second kappa shape index (κ2) is 6.08. The Kier molecular flexibility index (Phi) is 5.01. The third-order valence-corrected chi connectivity index (χ3v) is 4.05. The van der Waals surface area contributed by atoms with Gasteiger partial charge in [0, 0.05) is 19.7 Å². The summed E-state index contributed by atoms with van der Waals surface area (Å²) in [4.78, 5) is 11.8. The Morgan fingerprint density at radius 1 is 1.22 bits per heavy atom. The standard InChI is InChI=1S/C12H18N2O3S/c1-4-10-5-7-11(8-6-10)12(15)9-13-18(16,17)14(2)3/h5-8,13H,4,9H2,1-3H3. The Morgan fingerprint density at radius 3 is 2.22 bits per heavy atom. The van der Waals surface area contributed by atoms with Crippen molar-refractivity contribution in [1.29, 1.82) is 0 Å². The molecular weight excluding hydrogens is 252 g/mol. The molecule has 0 aliphatic carbocycles. The van der Waals surface area contributed by atoms with Gasteiger partial charge in [-0.15, -0.1) is 0 Å². The van der Waals surface area contributed by atoms with Crippen molar-refractivity contribution in [1.82, 2.24) is 9.03 Å². The maximum atomic E-state index is 11.8. The van der Waals surface area contributed by atoms with Gasteiger partial charge in [-0.25, -0.2) is 0 Å². The summed E-state index contributed by atoms with van der Waals surface area (Å²) in [5, 5.41) is 0. The lowest BCUT2D eigenvalue weighted by Gasteiger charge is -2.11. The minimum atomic E-state index is -3.55. The quantitative estimate of drug-likeness (QED) is 0.779. The van der Waals surface area contributed by atoms with Crippen LogP contribution in [0, 0.1) is 0 Å². The first-order chi connectivity index (χ1) is 8.36. The van der Waals surface area contributed by atoms with Gasteiger partial charge < -0.3 is 0 Å². The van der Waals surface area contributed by atoms with Crippen LogP contribution in [0.2, 0.25) is 0 Å². The minimum Gasteiger partial charge on any atom is -0.293 e. The zero-order valence-corrected chi connectivity index (χ0v) is 11.6. The van der Waals surface area contributed by atoms with E-state index < -0.39 is 10.2 Å². The van der Waals surface area contributed by atoms with Gasteiger partial charge in [0.2, 0.25) is 0 Å². The Bertz CT molecular complexity index is 507. The van der Waals surface area contributed by atoms with Crippen molar-refractivity contribution in [2.24, 2.45) is 0 Å². The summed E-state index contributed by atoms with van der Waals surface area (Å²) in [6, 6.07) is 7.16. The van der Waals surface area contributed by atoms with Crippen LogP contribution in [0.25, 0.3) is 0 Å². The molecule has 1 aromatic rings.